The number of nitrogens with one attached hydrogen (secondary N) is 2. The first-order chi connectivity index (χ1) is 16.4. The van der Waals surface area contributed by atoms with Crippen molar-refractivity contribution < 1.29 is 31.4 Å². The van der Waals surface area contributed by atoms with Crippen molar-refractivity contribution in [3.05, 3.63) is 42.6 Å². The van der Waals surface area contributed by atoms with Gasteiger partial charge in [0, 0.05) is 24.0 Å². The molecule has 4 rings (SSSR count). The van der Waals surface area contributed by atoms with Gasteiger partial charge >= 0.3 is 0 Å². The number of hydrogen-bond donors (Lipinski definition) is 2. The highest BCUT2D eigenvalue weighted by Crippen LogP contribution is 2.36. The third kappa shape index (κ3) is 4.26. The van der Waals surface area contributed by atoms with Gasteiger partial charge in [-0.25, -0.2) is 31.9 Å². The Morgan fingerprint density at radius 1 is 1.09 bits per heavy atom. The lowest BCUT2D eigenvalue weighted by Crippen LogP contribution is -2.16. The molecule has 178 valence electrons. The van der Waals surface area contributed by atoms with Gasteiger partial charge < -0.3 is 19.2 Å². The molecule has 1 aromatic carbocycles. The highest BCUT2D eigenvalue weighted by atomic mass is 32.2. The summed E-state index contributed by atoms with van der Waals surface area (Å²) in [7, 11) is -1.73. The van der Waals surface area contributed by atoms with Crippen LogP contribution in [0.15, 0.2) is 41.7 Å². The van der Waals surface area contributed by atoms with Crippen LogP contribution in [0.3, 0.4) is 0 Å². The van der Waals surface area contributed by atoms with Crippen LogP contribution in [0.5, 0.6) is 17.5 Å². The Bertz CT molecular complexity index is 1410. The first-order valence-electron chi connectivity index (χ1n) is 9.68. The minimum atomic E-state index is -4.27. The lowest BCUT2D eigenvalue weighted by Gasteiger charge is -2.14. The van der Waals surface area contributed by atoms with E-state index < -0.39 is 22.5 Å². The number of nitrogens with zero attached hydrogens (tertiary/aromatic N) is 4. The summed E-state index contributed by atoms with van der Waals surface area (Å²) >= 11 is 0. The van der Waals surface area contributed by atoms with Gasteiger partial charge in [0.1, 0.15) is 24.0 Å². The topological polar surface area (TPSA) is 141 Å². The Balaban J connectivity index is 1.76. The number of rotatable bonds is 9. The van der Waals surface area contributed by atoms with E-state index >= 15 is 0 Å². The quantitative estimate of drug-likeness (QED) is 0.361. The van der Waals surface area contributed by atoms with Crippen molar-refractivity contribution in [3.63, 3.8) is 0 Å². The number of alkyl halides is 1. The summed E-state index contributed by atoms with van der Waals surface area (Å²) in [4.78, 5) is 18.6. The predicted molar refractivity (Wildman–Crippen MR) is 117 cm³/mol. The number of sulfonamides is 1. The zero-order valence-electron chi connectivity index (χ0n) is 17.9. The maximum absolute atomic E-state index is 14.6. The van der Waals surface area contributed by atoms with E-state index in [0.29, 0.717) is 0 Å². The lowest BCUT2D eigenvalue weighted by atomic mass is 10.1. The monoisotopic (exact) mass is 492 g/mol. The molecule has 0 spiro atoms. The summed E-state index contributed by atoms with van der Waals surface area (Å²) in [5.41, 5.74) is 0.214. The largest absolute Gasteiger partial charge is 0.481 e. The molecule has 0 aliphatic heterocycles. The van der Waals surface area contributed by atoms with Crippen molar-refractivity contribution in [2.45, 2.75) is 4.90 Å². The molecular weight excluding hydrogens is 474 g/mol. The second kappa shape index (κ2) is 9.43. The zero-order valence-corrected chi connectivity index (χ0v) is 18.7. The Kier molecular flexibility index (Phi) is 6.40. The number of halogens is 2. The van der Waals surface area contributed by atoms with E-state index in [-0.39, 0.29) is 57.3 Å². The van der Waals surface area contributed by atoms with Crippen molar-refractivity contribution in [1.82, 2.24) is 24.9 Å². The molecule has 0 aliphatic rings. The Morgan fingerprint density at radius 2 is 1.76 bits per heavy atom. The number of benzene rings is 1. The number of hydrogen-bond acceptors (Lipinski definition) is 9. The minimum Gasteiger partial charge on any atom is -0.481 e. The molecule has 0 amide bonds. The van der Waals surface area contributed by atoms with Crippen LogP contribution in [0.25, 0.3) is 22.3 Å². The molecule has 0 fully saturated rings. The van der Waals surface area contributed by atoms with Gasteiger partial charge in [-0.05, 0) is 18.2 Å². The van der Waals surface area contributed by atoms with Gasteiger partial charge in [-0.2, -0.15) is 9.97 Å². The van der Waals surface area contributed by atoms with Gasteiger partial charge in [0.2, 0.25) is 11.7 Å². The lowest BCUT2D eigenvalue weighted by molar-refractivity contribution is 0.240. The van der Waals surface area contributed by atoms with Gasteiger partial charge in [-0.3, -0.25) is 0 Å². The molecule has 14 heteroatoms. The first kappa shape index (κ1) is 23.1. The van der Waals surface area contributed by atoms with Crippen LogP contribution in [-0.2, 0) is 10.0 Å². The van der Waals surface area contributed by atoms with Crippen LogP contribution >= 0.6 is 0 Å². The van der Waals surface area contributed by atoms with Gasteiger partial charge in [0.25, 0.3) is 21.8 Å². The van der Waals surface area contributed by atoms with Crippen LogP contribution in [-0.4, -0.2) is 60.8 Å². The Labute approximate surface area is 192 Å². The van der Waals surface area contributed by atoms with Gasteiger partial charge in [0.15, 0.2) is 5.82 Å². The predicted octanol–water partition coefficient (Wildman–Crippen LogP) is 2.72. The van der Waals surface area contributed by atoms with Crippen molar-refractivity contribution in [2.75, 3.05) is 32.2 Å². The smallest absolute Gasteiger partial charge is 0.266 e. The van der Waals surface area contributed by atoms with E-state index in [0.717, 1.165) is 6.07 Å². The van der Waals surface area contributed by atoms with Crippen molar-refractivity contribution >= 4 is 26.9 Å². The number of anilines is 1. The van der Waals surface area contributed by atoms with Crippen LogP contribution in [0.2, 0.25) is 0 Å². The van der Waals surface area contributed by atoms with Crippen LogP contribution in [0.4, 0.5) is 14.7 Å². The summed E-state index contributed by atoms with van der Waals surface area (Å²) in [6.07, 6.45) is 4.09. The minimum absolute atomic E-state index is 0.0218. The maximum atomic E-state index is 14.6. The molecule has 0 atom stereocenters. The molecule has 3 heterocycles. The number of ether oxygens (including phenoxy) is 3. The van der Waals surface area contributed by atoms with Crippen molar-refractivity contribution in [1.29, 1.82) is 0 Å². The van der Waals surface area contributed by atoms with E-state index in [9.17, 15) is 17.2 Å². The summed E-state index contributed by atoms with van der Waals surface area (Å²) in [5, 5.41) is 0.193. The van der Waals surface area contributed by atoms with Crippen LogP contribution in [0.1, 0.15) is 0 Å². The molecule has 0 saturated heterocycles. The average Bonchev–Trinajstić information content (AvgIpc) is 3.28. The standard InChI is InChI=1S/C20H18F2N6O5S/c1-31-18-16(33-9-6-21)19(32-2)27-20(26-18)28-34(29,30)13-10-25-15-11(13)4-5-12(22)14(15)17-23-7-3-8-24-17/h3-5,7-8,10,25H,6,9H2,1-2H3,(H,26,27,28). The van der Waals surface area contributed by atoms with E-state index in [1.807, 2.05) is 0 Å². The fourth-order valence-corrected chi connectivity index (χ4v) is 4.30. The normalized spacial score (nSPS) is 11.4. The number of methoxy groups -OCH3 is 2. The number of H-pyrrole nitrogens is 1. The molecule has 0 bridgehead atoms. The van der Waals surface area contributed by atoms with Gasteiger partial charge in [0.05, 0.1) is 25.3 Å². The summed E-state index contributed by atoms with van der Waals surface area (Å²) in [6.45, 7) is -1.08. The molecule has 3 aromatic heterocycles. The van der Waals surface area contributed by atoms with Crippen LogP contribution < -0.4 is 18.9 Å². The first-order valence-corrected chi connectivity index (χ1v) is 11.2. The second-order valence-corrected chi connectivity index (χ2v) is 8.26. The number of fused-ring (bicyclic) bond motifs is 1. The molecule has 0 radical (unpaired) electrons. The van der Waals surface area contributed by atoms with E-state index in [1.165, 1.54) is 38.9 Å². The number of aromatic nitrogens is 5. The molecule has 34 heavy (non-hydrogen) atoms. The van der Waals surface area contributed by atoms with Crippen LogP contribution in [0, 0.1) is 5.82 Å². The molecule has 4 aromatic rings. The van der Waals surface area contributed by atoms with E-state index in [4.69, 9.17) is 14.2 Å². The molecule has 0 saturated carbocycles. The van der Waals surface area contributed by atoms with E-state index in [2.05, 4.69) is 29.6 Å². The highest BCUT2D eigenvalue weighted by molar-refractivity contribution is 7.93. The summed E-state index contributed by atoms with van der Waals surface area (Å²) < 4.78 is 71.1. The number of aromatic amines is 1. The summed E-state index contributed by atoms with van der Waals surface area (Å²) in [6, 6.07) is 4.02. The third-order valence-electron chi connectivity index (χ3n) is 4.59. The van der Waals surface area contributed by atoms with Crippen molar-refractivity contribution in [2.24, 2.45) is 0 Å². The van der Waals surface area contributed by atoms with E-state index in [1.54, 1.807) is 6.07 Å². The van der Waals surface area contributed by atoms with Gasteiger partial charge in [-0.15, -0.1) is 0 Å². The molecule has 11 nitrogen and oxygen atoms in total. The second-order valence-electron chi connectivity index (χ2n) is 6.61. The maximum Gasteiger partial charge on any atom is 0.266 e. The zero-order chi connectivity index (χ0) is 24.3. The molecule has 0 aliphatic carbocycles. The molecule has 2 N–H and O–H groups in total. The van der Waals surface area contributed by atoms with Gasteiger partial charge in [-0.1, -0.05) is 0 Å². The fraction of sp³-hybridized carbons (Fsp3) is 0.200. The summed E-state index contributed by atoms with van der Waals surface area (Å²) in [5.74, 6) is -1.33. The Hall–Kier alpha value is -4.07. The molecule has 0 unspecified atom stereocenters. The average molecular weight is 492 g/mol. The fourth-order valence-electron chi connectivity index (χ4n) is 3.19. The highest BCUT2D eigenvalue weighted by Gasteiger charge is 2.26. The Morgan fingerprint density at radius 3 is 2.38 bits per heavy atom. The third-order valence-corrected chi connectivity index (χ3v) is 5.95. The SMILES string of the molecule is COc1nc(NS(=O)(=O)c2c[nH]c3c(-c4ncccn4)c(F)ccc23)nc(OC)c1OCCF. The molecular formula is C20H18F2N6O5S. The van der Waals surface area contributed by atoms with Crippen molar-refractivity contribution in [3.8, 4) is 28.9 Å².